The highest BCUT2D eigenvalue weighted by Gasteiger charge is 2.20. The zero-order valence-electron chi connectivity index (χ0n) is 9.04. The Labute approximate surface area is 95.7 Å². The monoisotopic (exact) mass is 240 g/mol. The van der Waals surface area contributed by atoms with E-state index in [1.807, 2.05) is 0 Å². The number of benzene rings is 1. The molecule has 2 rings (SSSR count). The minimum Gasteiger partial charge on any atom is -0.481 e. The van der Waals surface area contributed by atoms with Crippen LogP contribution in [0.3, 0.4) is 0 Å². The average molecular weight is 240 g/mol. The van der Waals surface area contributed by atoms with E-state index in [9.17, 15) is 13.6 Å². The van der Waals surface area contributed by atoms with Gasteiger partial charge in [-0.1, -0.05) is 6.92 Å². The van der Waals surface area contributed by atoms with Crippen LogP contribution >= 0.6 is 0 Å². The van der Waals surface area contributed by atoms with E-state index < -0.39 is 23.5 Å². The van der Waals surface area contributed by atoms with Crippen LogP contribution in [0.15, 0.2) is 22.8 Å². The number of carbonyl (C=O) groups is 1. The number of furan rings is 1. The van der Waals surface area contributed by atoms with Crippen LogP contribution < -0.4 is 0 Å². The maximum absolute atomic E-state index is 13.6. The fourth-order valence-corrected chi connectivity index (χ4v) is 1.70. The van der Waals surface area contributed by atoms with E-state index in [0.29, 0.717) is 0 Å². The van der Waals surface area contributed by atoms with Crippen molar-refractivity contribution in [3.05, 3.63) is 35.6 Å². The summed E-state index contributed by atoms with van der Waals surface area (Å²) in [5, 5.41) is 8.95. The molecule has 1 heterocycles. The lowest BCUT2D eigenvalue weighted by atomic mass is 9.99. The summed E-state index contributed by atoms with van der Waals surface area (Å²) in [5.41, 5.74) is 0.178. The molecule has 0 aliphatic carbocycles. The average Bonchev–Trinajstić information content (AvgIpc) is 2.72. The number of aliphatic carboxylic acids is 1. The first-order valence-corrected chi connectivity index (χ1v) is 5.07. The van der Waals surface area contributed by atoms with Crippen molar-refractivity contribution in [1.29, 1.82) is 0 Å². The van der Waals surface area contributed by atoms with Crippen LogP contribution in [0.1, 0.15) is 12.5 Å². The molecule has 3 nitrogen and oxygen atoms in total. The highest BCUT2D eigenvalue weighted by Crippen LogP contribution is 2.27. The fraction of sp³-hybridized carbons (Fsp3) is 0.250. The van der Waals surface area contributed by atoms with Crippen molar-refractivity contribution in [1.82, 2.24) is 0 Å². The van der Waals surface area contributed by atoms with Crippen molar-refractivity contribution in [2.75, 3.05) is 0 Å². The second kappa shape index (κ2) is 4.16. The molecule has 0 fully saturated rings. The number of hydrogen-bond donors (Lipinski definition) is 1. The Morgan fingerprint density at radius 1 is 1.47 bits per heavy atom. The summed E-state index contributed by atoms with van der Waals surface area (Å²) in [6, 6.07) is 2.14. The van der Waals surface area contributed by atoms with Gasteiger partial charge in [0.1, 0.15) is 17.2 Å². The van der Waals surface area contributed by atoms with Gasteiger partial charge in [0, 0.05) is 11.6 Å². The lowest BCUT2D eigenvalue weighted by Crippen LogP contribution is -2.13. The van der Waals surface area contributed by atoms with Gasteiger partial charge >= 0.3 is 5.97 Å². The Kier molecular flexibility index (Phi) is 2.83. The highest BCUT2D eigenvalue weighted by molar-refractivity contribution is 5.82. The largest absolute Gasteiger partial charge is 0.481 e. The summed E-state index contributed by atoms with van der Waals surface area (Å²) < 4.78 is 31.9. The Hall–Kier alpha value is -1.91. The van der Waals surface area contributed by atoms with Crippen LogP contribution in [0.2, 0.25) is 0 Å². The minimum atomic E-state index is -1.03. The van der Waals surface area contributed by atoms with Crippen LogP contribution in [0, 0.1) is 17.6 Å². The molecular weight excluding hydrogens is 230 g/mol. The molecule has 90 valence electrons. The maximum Gasteiger partial charge on any atom is 0.306 e. The molecule has 1 unspecified atom stereocenters. The first-order valence-electron chi connectivity index (χ1n) is 5.07. The van der Waals surface area contributed by atoms with Crippen LogP contribution in [0.25, 0.3) is 11.0 Å². The molecule has 1 atom stereocenters. The quantitative estimate of drug-likeness (QED) is 0.897. The van der Waals surface area contributed by atoms with Crippen LogP contribution in [0.5, 0.6) is 0 Å². The van der Waals surface area contributed by atoms with Crippen molar-refractivity contribution in [3.63, 3.8) is 0 Å². The molecule has 1 N–H and O–H groups in total. The molecule has 1 aromatic heterocycles. The molecule has 0 spiro atoms. The topological polar surface area (TPSA) is 50.4 Å². The van der Waals surface area contributed by atoms with E-state index in [1.165, 1.54) is 19.3 Å². The smallest absolute Gasteiger partial charge is 0.306 e. The second-order valence-electron chi connectivity index (χ2n) is 3.93. The second-order valence-corrected chi connectivity index (χ2v) is 3.93. The zero-order valence-corrected chi connectivity index (χ0v) is 9.04. The Bertz CT molecular complexity index is 574. The van der Waals surface area contributed by atoms with Crippen molar-refractivity contribution >= 4 is 16.9 Å². The molecule has 0 amide bonds. The number of halogens is 2. The number of fused-ring (bicyclic) bond motifs is 1. The summed E-state index contributed by atoms with van der Waals surface area (Å²) >= 11 is 0. The van der Waals surface area contributed by atoms with Gasteiger partial charge < -0.3 is 9.52 Å². The number of carboxylic acids is 1. The summed E-state index contributed by atoms with van der Waals surface area (Å²) in [4.78, 5) is 10.7. The lowest BCUT2D eigenvalue weighted by Gasteiger charge is -2.08. The third kappa shape index (κ3) is 2.00. The summed E-state index contributed by atoms with van der Waals surface area (Å²) in [6.07, 6.45) is 1.22. The van der Waals surface area contributed by atoms with Gasteiger partial charge in [0.15, 0.2) is 0 Å². The van der Waals surface area contributed by atoms with E-state index in [1.54, 1.807) is 0 Å². The molecule has 0 saturated heterocycles. The predicted octanol–water partition coefficient (Wildman–Crippen LogP) is 2.97. The SMILES string of the molecule is CC(Cc1c(F)cc(F)c2ccoc12)C(=O)O. The Morgan fingerprint density at radius 2 is 2.18 bits per heavy atom. The summed E-state index contributed by atoms with van der Waals surface area (Å²) in [5.74, 6) is -3.28. The predicted molar refractivity (Wildman–Crippen MR) is 56.6 cm³/mol. The molecule has 2 aromatic rings. The van der Waals surface area contributed by atoms with Gasteiger partial charge in [-0.25, -0.2) is 8.78 Å². The number of hydrogen-bond acceptors (Lipinski definition) is 2. The molecule has 1 aromatic carbocycles. The highest BCUT2D eigenvalue weighted by atomic mass is 19.1. The molecule has 5 heteroatoms. The molecule has 0 radical (unpaired) electrons. The third-order valence-corrected chi connectivity index (χ3v) is 2.67. The van der Waals surface area contributed by atoms with Gasteiger partial charge in [0.25, 0.3) is 0 Å². The van der Waals surface area contributed by atoms with E-state index in [-0.39, 0.29) is 23.0 Å². The van der Waals surface area contributed by atoms with Crippen molar-refractivity contribution < 1.29 is 23.1 Å². The van der Waals surface area contributed by atoms with Gasteiger partial charge in [-0.2, -0.15) is 0 Å². The lowest BCUT2D eigenvalue weighted by molar-refractivity contribution is -0.141. The fourth-order valence-electron chi connectivity index (χ4n) is 1.70. The van der Waals surface area contributed by atoms with Gasteiger partial charge in [0.05, 0.1) is 17.6 Å². The number of rotatable bonds is 3. The van der Waals surface area contributed by atoms with E-state index in [0.717, 1.165) is 6.07 Å². The minimum absolute atomic E-state index is 0.0362. The van der Waals surface area contributed by atoms with Gasteiger partial charge in [-0.3, -0.25) is 4.79 Å². The normalized spacial score (nSPS) is 12.9. The molecular formula is C12H10F2O3. The molecule has 0 aliphatic rings. The van der Waals surface area contributed by atoms with Crippen molar-refractivity contribution in [2.24, 2.45) is 5.92 Å². The van der Waals surface area contributed by atoms with E-state index in [2.05, 4.69) is 0 Å². The standard InChI is InChI=1S/C12H10F2O3/c1-6(12(15)16)4-8-10(14)5-9(13)7-2-3-17-11(7)8/h2-3,5-6H,4H2,1H3,(H,15,16). The van der Waals surface area contributed by atoms with E-state index >= 15 is 0 Å². The molecule has 0 bridgehead atoms. The molecule has 0 aliphatic heterocycles. The first-order chi connectivity index (χ1) is 8.00. The maximum atomic E-state index is 13.6. The molecule has 0 saturated carbocycles. The van der Waals surface area contributed by atoms with Crippen LogP contribution in [0.4, 0.5) is 8.78 Å². The van der Waals surface area contributed by atoms with Crippen molar-refractivity contribution in [2.45, 2.75) is 13.3 Å². The first kappa shape index (κ1) is 11.6. The third-order valence-electron chi connectivity index (χ3n) is 2.67. The number of carboxylic acid groups (broad SMARTS) is 1. The molecule has 17 heavy (non-hydrogen) atoms. The van der Waals surface area contributed by atoms with Gasteiger partial charge in [-0.15, -0.1) is 0 Å². The van der Waals surface area contributed by atoms with Gasteiger partial charge in [-0.05, 0) is 12.5 Å². The van der Waals surface area contributed by atoms with Crippen LogP contribution in [-0.2, 0) is 11.2 Å². The zero-order chi connectivity index (χ0) is 12.6. The Morgan fingerprint density at radius 3 is 2.82 bits per heavy atom. The van der Waals surface area contributed by atoms with Crippen LogP contribution in [-0.4, -0.2) is 11.1 Å². The van der Waals surface area contributed by atoms with Gasteiger partial charge in [0.2, 0.25) is 0 Å². The van der Waals surface area contributed by atoms with Crippen molar-refractivity contribution in [3.8, 4) is 0 Å². The summed E-state index contributed by atoms with van der Waals surface area (Å²) in [6.45, 7) is 1.46. The Balaban J connectivity index is 2.53. The van der Waals surface area contributed by atoms with E-state index in [4.69, 9.17) is 9.52 Å². The summed E-state index contributed by atoms with van der Waals surface area (Å²) in [7, 11) is 0.